The lowest BCUT2D eigenvalue weighted by Crippen LogP contribution is -2.52. The number of carbonyl (C=O) groups is 1. The molecule has 2 fully saturated rings. The third-order valence-electron chi connectivity index (χ3n) is 5.98. The minimum Gasteiger partial charge on any atom is -0.444 e. The second-order valence-corrected chi connectivity index (χ2v) is 9.71. The van der Waals surface area contributed by atoms with Crippen LogP contribution in [0.25, 0.3) is 0 Å². The second-order valence-electron chi connectivity index (χ2n) is 9.71. The molecule has 3 rings (SSSR count). The second kappa shape index (κ2) is 10.5. The number of hydrogen-bond acceptors (Lipinski definition) is 4. The van der Waals surface area contributed by atoms with E-state index in [0.717, 1.165) is 71.0 Å². The number of amides is 1. The number of carbonyl (C=O) groups excluding carboxylic acids is 1. The molecule has 0 atom stereocenters. The number of likely N-dealkylation sites (tertiary alicyclic amines) is 1. The van der Waals surface area contributed by atoms with Crippen molar-refractivity contribution < 1.29 is 14.3 Å². The Balaban J connectivity index is 1.48. The molecule has 1 aliphatic carbocycles. The Labute approximate surface area is 181 Å². The molecule has 0 aromatic carbocycles. The highest BCUT2D eigenvalue weighted by molar-refractivity contribution is 5.80. The van der Waals surface area contributed by atoms with E-state index in [2.05, 4.69) is 21.3 Å². The van der Waals surface area contributed by atoms with Gasteiger partial charge in [0.25, 0.3) is 0 Å². The van der Waals surface area contributed by atoms with Gasteiger partial charge in [0.15, 0.2) is 5.96 Å². The van der Waals surface area contributed by atoms with Gasteiger partial charge >= 0.3 is 6.09 Å². The number of hydrogen-bond donors (Lipinski definition) is 1. The van der Waals surface area contributed by atoms with Crippen LogP contribution in [0.4, 0.5) is 4.79 Å². The van der Waals surface area contributed by atoms with Crippen molar-refractivity contribution in [3.05, 3.63) is 11.6 Å². The fraction of sp³-hybridized carbons (Fsp3) is 0.826. The summed E-state index contributed by atoms with van der Waals surface area (Å²) in [5.41, 5.74) is 1.02. The van der Waals surface area contributed by atoms with Gasteiger partial charge < -0.3 is 24.6 Å². The monoisotopic (exact) mass is 420 g/mol. The molecule has 1 amide bonds. The lowest BCUT2D eigenvalue weighted by molar-refractivity contribution is 0.00928. The highest BCUT2D eigenvalue weighted by Gasteiger charge is 2.35. The van der Waals surface area contributed by atoms with E-state index in [1.165, 1.54) is 18.4 Å². The molecule has 7 heteroatoms. The highest BCUT2D eigenvalue weighted by atomic mass is 16.6. The van der Waals surface area contributed by atoms with Crippen LogP contribution in [0.1, 0.15) is 59.3 Å². The first kappa shape index (κ1) is 22.9. The van der Waals surface area contributed by atoms with Crippen molar-refractivity contribution in [2.24, 2.45) is 10.9 Å². The van der Waals surface area contributed by atoms with Crippen molar-refractivity contribution in [3.8, 4) is 0 Å². The lowest BCUT2D eigenvalue weighted by Gasteiger charge is -2.40. The van der Waals surface area contributed by atoms with E-state index in [4.69, 9.17) is 9.47 Å². The molecule has 0 bridgehead atoms. The topological polar surface area (TPSA) is 66.4 Å². The van der Waals surface area contributed by atoms with E-state index >= 15 is 0 Å². The van der Waals surface area contributed by atoms with E-state index in [0.29, 0.717) is 5.92 Å². The average Bonchev–Trinajstić information content (AvgIpc) is 3.53. The summed E-state index contributed by atoms with van der Waals surface area (Å²) in [6.07, 6.45) is 8.49. The van der Waals surface area contributed by atoms with Gasteiger partial charge in [-0.3, -0.25) is 4.99 Å². The normalized spacial score (nSPS) is 21.3. The van der Waals surface area contributed by atoms with Gasteiger partial charge in [0.2, 0.25) is 0 Å². The van der Waals surface area contributed by atoms with Crippen LogP contribution < -0.4 is 5.32 Å². The van der Waals surface area contributed by atoms with Crippen LogP contribution in [0.2, 0.25) is 0 Å². The number of nitrogens with one attached hydrogen (secondary N) is 1. The Bertz CT molecular complexity index is 629. The summed E-state index contributed by atoms with van der Waals surface area (Å²) >= 11 is 0. The quantitative estimate of drug-likeness (QED) is 0.405. The van der Waals surface area contributed by atoms with Gasteiger partial charge in [0.1, 0.15) is 5.60 Å². The molecule has 1 saturated carbocycles. The van der Waals surface area contributed by atoms with Crippen LogP contribution in [0, 0.1) is 5.92 Å². The number of ether oxygens (including phenoxy) is 2. The van der Waals surface area contributed by atoms with Gasteiger partial charge in [-0.2, -0.15) is 0 Å². The van der Waals surface area contributed by atoms with E-state index in [1.54, 1.807) is 0 Å². The molecule has 0 unspecified atom stereocenters. The standard InChI is InChI=1S/C23H40N4O3/c1-23(2,3)30-22(28)27(17-19-5-6-19)20-8-13-26(14-9-20)21(24-4)25-12-7-18-10-15-29-16-11-18/h10,19-20H,5-9,11-17H2,1-4H3,(H,24,25). The third kappa shape index (κ3) is 7.18. The van der Waals surface area contributed by atoms with E-state index < -0.39 is 5.60 Å². The predicted octanol–water partition coefficient (Wildman–Crippen LogP) is 3.41. The van der Waals surface area contributed by atoms with E-state index in [9.17, 15) is 4.79 Å². The van der Waals surface area contributed by atoms with Gasteiger partial charge in [-0.1, -0.05) is 11.6 Å². The number of nitrogens with zero attached hydrogens (tertiary/aromatic N) is 3. The Kier molecular flexibility index (Phi) is 8.03. The largest absolute Gasteiger partial charge is 0.444 e. The van der Waals surface area contributed by atoms with Crippen LogP contribution in [-0.4, -0.2) is 79.9 Å². The molecule has 3 aliphatic rings. The van der Waals surface area contributed by atoms with Crippen LogP contribution in [0.5, 0.6) is 0 Å². The smallest absolute Gasteiger partial charge is 0.410 e. The molecular formula is C23H40N4O3. The van der Waals surface area contributed by atoms with Gasteiger partial charge in [-0.25, -0.2) is 4.79 Å². The molecule has 7 nitrogen and oxygen atoms in total. The molecule has 30 heavy (non-hydrogen) atoms. The molecule has 2 heterocycles. The Morgan fingerprint density at radius 2 is 2.03 bits per heavy atom. The Hall–Kier alpha value is -1.76. The van der Waals surface area contributed by atoms with Crippen molar-refractivity contribution in [3.63, 3.8) is 0 Å². The zero-order valence-corrected chi connectivity index (χ0v) is 19.3. The first-order chi connectivity index (χ1) is 14.4. The summed E-state index contributed by atoms with van der Waals surface area (Å²) in [5, 5.41) is 3.52. The summed E-state index contributed by atoms with van der Waals surface area (Å²) < 4.78 is 11.1. The fourth-order valence-electron chi connectivity index (χ4n) is 4.12. The van der Waals surface area contributed by atoms with Crippen molar-refractivity contribution in [2.75, 3.05) is 46.4 Å². The van der Waals surface area contributed by atoms with Gasteiger partial charge in [0, 0.05) is 39.3 Å². The van der Waals surface area contributed by atoms with Crippen molar-refractivity contribution in [1.29, 1.82) is 0 Å². The zero-order valence-electron chi connectivity index (χ0n) is 19.3. The number of aliphatic imine (C=N–C) groups is 1. The molecule has 1 N–H and O–H groups in total. The maximum atomic E-state index is 12.8. The first-order valence-electron chi connectivity index (χ1n) is 11.6. The summed E-state index contributed by atoms with van der Waals surface area (Å²) in [6, 6.07) is 0.252. The number of rotatable bonds is 6. The fourth-order valence-corrected chi connectivity index (χ4v) is 4.12. The molecular weight excluding hydrogens is 380 g/mol. The van der Waals surface area contributed by atoms with E-state index in [1.807, 2.05) is 32.7 Å². The summed E-state index contributed by atoms with van der Waals surface area (Å²) in [7, 11) is 1.85. The van der Waals surface area contributed by atoms with Gasteiger partial charge in [-0.05, 0) is 65.2 Å². The molecule has 0 aromatic rings. The Morgan fingerprint density at radius 1 is 1.30 bits per heavy atom. The van der Waals surface area contributed by atoms with Crippen LogP contribution >= 0.6 is 0 Å². The number of piperidine rings is 1. The molecule has 0 aromatic heterocycles. The predicted molar refractivity (Wildman–Crippen MR) is 120 cm³/mol. The van der Waals surface area contributed by atoms with Crippen LogP contribution in [-0.2, 0) is 9.47 Å². The summed E-state index contributed by atoms with van der Waals surface area (Å²) in [6.45, 7) is 10.9. The lowest BCUT2D eigenvalue weighted by atomic mass is 10.0. The highest BCUT2D eigenvalue weighted by Crippen LogP contribution is 2.32. The van der Waals surface area contributed by atoms with E-state index in [-0.39, 0.29) is 12.1 Å². The molecule has 2 aliphatic heterocycles. The van der Waals surface area contributed by atoms with Gasteiger partial charge in [0.05, 0.1) is 13.2 Å². The SMILES string of the molecule is CN=C(NCCC1=CCOCC1)N1CCC(N(CC2CC2)C(=O)OC(C)(C)C)CC1. The molecule has 0 spiro atoms. The minimum atomic E-state index is -0.453. The van der Waals surface area contributed by atoms with Gasteiger partial charge in [-0.15, -0.1) is 0 Å². The van der Waals surface area contributed by atoms with Crippen LogP contribution in [0.3, 0.4) is 0 Å². The molecule has 0 radical (unpaired) electrons. The zero-order chi connectivity index (χ0) is 21.6. The van der Waals surface area contributed by atoms with Crippen molar-refractivity contribution in [1.82, 2.24) is 15.1 Å². The minimum absolute atomic E-state index is 0.153. The molecule has 170 valence electrons. The average molecular weight is 421 g/mol. The van der Waals surface area contributed by atoms with Crippen molar-refractivity contribution >= 4 is 12.1 Å². The maximum absolute atomic E-state index is 12.8. The third-order valence-corrected chi connectivity index (χ3v) is 5.98. The summed E-state index contributed by atoms with van der Waals surface area (Å²) in [4.78, 5) is 21.6. The maximum Gasteiger partial charge on any atom is 0.410 e. The molecule has 1 saturated heterocycles. The Morgan fingerprint density at radius 3 is 2.60 bits per heavy atom. The summed E-state index contributed by atoms with van der Waals surface area (Å²) in [5.74, 6) is 1.62. The first-order valence-corrected chi connectivity index (χ1v) is 11.6. The number of guanidine groups is 1. The van der Waals surface area contributed by atoms with Crippen LogP contribution in [0.15, 0.2) is 16.6 Å². The van der Waals surface area contributed by atoms with Crippen molar-refractivity contribution in [2.45, 2.75) is 70.9 Å².